The van der Waals surface area contributed by atoms with Gasteiger partial charge in [0.15, 0.2) is 5.58 Å². The summed E-state index contributed by atoms with van der Waals surface area (Å²) in [6.07, 6.45) is 0. The molecule has 1 unspecified atom stereocenters. The molecule has 1 N–H and O–H groups in total. The highest BCUT2D eigenvalue weighted by molar-refractivity contribution is 6.00. The smallest absolute Gasteiger partial charge is 0.408 e. The number of hydrogen-bond acceptors (Lipinski definition) is 5. The molecule has 2 aliphatic heterocycles. The summed E-state index contributed by atoms with van der Waals surface area (Å²) in [6.45, 7) is 5.62. The molecule has 0 radical (unpaired) electrons. The largest absolute Gasteiger partial charge is 0.417 e. The van der Waals surface area contributed by atoms with Gasteiger partial charge in [-0.2, -0.15) is 0 Å². The van der Waals surface area contributed by atoms with Crippen LogP contribution in [0, 0.1) is 0 Å². The van der Waals surface area contributed by atoms with E-state index in [1.165, 1.54) is 0 Å². The lowest BCUT2D eigenvalue weighted by molar-refractivity contribution is 0.0723. The normalized spacial score (nSPS) is 19.5. The van der Waals surface area contributed by atoms with Crippen molar-refractivity contribution >= 4 is 22.7 Å². The van der Waals surface area contributed by atoms with Crippen molar-refractivity contribution in [3.63, 3.8) is 0 Å². The van der Waals surface area contributed by atoms with Crippen molar-refractivity contribution in [2.24, 2.45) is 0 Å². The number of amides is 1. The van der Waals surface area contributed by atoms with Gasteiger partial charge < -0.3 is 19.0 Å². The number of morpholine rings is 1. The molecule has 7 heteroatoms. The molecule has 1 amide bonds. The number of nitrogens with zero attached hydrogens (tertiary/aromatic N) is 2. The number of carbonyl (C=O) groups is 1. The van der Waals surface area contributed by atoms with Crippen LogP contribution in [0.4, 0.5) is 5.69 Å². The minimum Gasteiger partial charge on any atom is -0.408 e. The average molecular weight is 379 g/mol. The van der Waals surface area contributed by atoms with E-state index in [4.69, 9.17) is 9.15 Å². The van der Waals surface area contributed by atoms with Gasteiger partial charge in [0.2, 0.25) is 0 Å². The third kappa shape index (κ3) is 2.79. The number of oxazole rings is 1. The first kappa shape index (κ1) is 17.1. The van der Waals surface area contributed by atoms with Crippen molar-refractivity contribution in [2.45, 2.75) is 19.5 Å². The number of H-pyrrole nitrogens is 1. The van der Waals surface area contributed by atoms with Crippen LogP contribution in [-0.4, -0.2) is 42.1 Å². The molecule has 0 aliphatic carbocycles. The maximum atomic E-state index is 13.1. The third-order valence-corrected chi connectivity index (χ3v) is 5.66. The Kier molecular flexibility index (Phi) is 3.98. The number of carbonyl (C=O) groups excluding carboxylic acids is 1. The van der Waals surface area contributed by atoms with Crippen LogP contribution in [0.5, 0.6) is 0 Å². The first-order valence-corrected chi connectivity index (χ1v) is 9.49. The van der Waals surface area contributed by atoms with E-state index in [0.29, 0.717) is 30.9 Å². The quantitative estimate of drug-likeness (QED) is 0.757. The van der Waals surface area contributed by atoms with Crippen molar-refractivity contribution in [1.29, 1.82) is 0 Å². The summed E-state index contributed by atoms with van der Waals surface area (Å²) in [7, 11) is 0. The molecule has 3 aromatic rings. The summed E-state index contributed by atoms with van der Waals surface area (Å²) >= 11 is 0. The Balaban J connectivity index is 1.42. The van der Waals surface area contributed by atoms with Gasteiger partial charge in [-0.05, 0) is 42.3 Å². The number of nitrogens with one attached hydrogen (secondary N) is 1. The molecule has 5 rings (SSSR count). The predicted molar refractivity (Wildman–Crippen MR) is 105 cm³/mol. The monoisotopic (exact) mass is 379 g/mol. The lowest BCUT2D eigenvalue weighted by Crippen LogP contribution is -2.36. The van der Waals surface area contributed by atoms with Gasteiger partial charge in [0.25, 0.3) is 5.91 Å². The fourth-order valence-corrected chi connectivity index (χ4v) is 4.10. The highest BCUT2D eigenvalue weighted by atomic mass is 16.5. The number of rotatable bonds is 3. The number of benzene rings is 2. The Hall–Kier alpha value is -3.06. The Morgan fingerprint density at radius 1 is 1.11 bits per heavy atom. The van der Waals surface area contributed by atoms with Gasteiger partial charge in [-0.3, -0.25) is 9.78 Å². The van der Waals surface area contributed by atoms with Gasteiger partial charge in [0.05, 0.1) is 24.8 Å². The molecule has 28 heavy (non-hydrogen) atoms. The fraction of sp³-hybridized carbons (Fsp3) is 0.333. The molecule has 0 saturated carbocycles. The van der Waals surface area contributed by atoms with Gasteiger partial charge >= 0.3 is 5.76 Å². The van der Waals surface area contributed by atoms with Crippen LogP contribution in [-0.2, 0) is 11.3 Å². The second-order valence-corrected chi connectivity index (χ2v) is 7.33. The van der Waals surface area contributed by atoms with Gasteiger partial charge in [-0.1, -0.05) is 12.1 Å². The second kappa shape index (κ2) is 6.53. The number of ether oxygens (including phenoxy) is 1. The Bertz CT molecular complexity index is 1110. The molecule has 7 nitrogen and oxygen atoms in total. The summed E-state index contributed by atoms with van der Waals surface area (Å²) in [5.74, 6) is -0.436. The van der Waals surface area contributed by atoms with E-state index < -0.39 is 5.76 Å². The highest BCUT2D eigenvalue weighted by Crippen LogP contribution is 2.36. The summed E-state index contributed by atoms with van der Waals surface area (Å²) in [6, 6.07) is 11.7. The van der Waals surface area contributed by atoms with Crippen LogP contribution >= 0.6 is 0 Å². The van der Waals surface area contributed by atoms with Crippen LogP contribution in [0.3, 0.4) is 0 Å². The van der Waals surface area contributed by atoms with Crippen molar-refractivity contribution in [2.75, 3.05) is 31.2 Å². The second-order valence-electron chi connectivity index (χ2n) is 7.33. The van der Waals surface area contributed by atoms with E-state index >= 15 is 0 Å². The van der Waals surface area contributed by atoms with Crippen molar-refractivity contribution < 1.29 is 13.9 Å². The molecule has 144 valence electrons. The number of hydrogen-bond donors (Lipinski definition) is 1. The van der Waals surface area contributed by atoms with E-state index in [1.54, 1.807) is 0 Å². The zero-order valence-electron chi connectivity index (χ0n) is 15.6. The van der Waals surface area contributed by atoms with Crippen molar-refractivity contribution in [3.05, 3.63) is 63.6 Å². The molecule has 2 aliphatic rings. The Labute approximate surface area is 161 Å². The van der Waals surface area contributed by atoms with Crippen molar-refractivity contribution in [3.8, 4) is 0 Å². The molecular formula is C21H21N3O4. The zero-order chi connectivity index (χ0) is 19.3. The number of anilines is 1. The van der Waals surface area contributed by atoms with E-state index in [0.717, 1.165) is 35.5 Å². The van der Waals surface area contributed by atoms with E-state index in [9.17, 15) is 9.59 Å². The molecule has 1 atom stereocenters. The topological polar surface area (TPSA) is 78.8 Å². The number of aromatic nitrogens is 1. The molecular weight excluding hydrogens is 358 g/mol. The summed E-state index contributed by atoms with van der Waals surface area (Å²) < 4.78 is 10.6. The van der Waals surface area contributed by atoms with E-state index in [2.05, 4.69) is 22.0 Å². The zero-order valence-corrected chi connectivity index (χ0v) is 15.6. The van der Waals surface area contributed by atoms with Gasteiger partial charge in [0.1, 0.15) is 0 Å². The third-order valence-electron chi connectivity index (χ3n) is 5.66. The summed E-state index contributed by atoms with van der Waals surface area (Å²) in [4.78, 5) is 31.2. The highest BCUT2D eigenvalue weighted by Gasteiger charge is 2.34. The van der Waals surface area contributed by atoms with Crippen LogP contribution in [0.2, 0.25) is 0 Å². The van der Waals surface area contributed by atoms with Crippen LogP contribution in [0.25, 0.3) is 11.1 Å². The molecule has 0 bridgehead atoms. The fourth-order valence-electron chi connectivity index (χ4n) is 4.10. The average Bonchev–Trinajstić information content (AvgIpc) is 3.20. The van der Waals surface area contributed by atoms with Gasteiger partial charge in [0, 0.05) is 30.9 Å². The number of aromatic amines is 1. The lowest BCUT2D eigenvalue weighted by Gasteiger charge is -2.29. The Morgan fingerprint density at radius 3 is 2.75 bits per heavy atom. The first-order valence-electron chi connectivity index (χ1n) is 9.49. The molecule has 1 saturated heterocycles. The van der Waals surface area contributed by atoms with Gasteiger partial charge in [-0.25, -0.2) is 4.79 Å². The van der Waals surface area contributed by atoms with E-state index in [1.807, 2.05) is 36.1 Å². The maximum Gasteiger partial charge on any atom is 0.417 e. The number of fused-ring (bicyclic) bond motifs is 2. The lowest BCUT2D eigenvalue weighted by atomic mass is 10.0. The standard InChI is InChI=1S/C21H21N3O4/c1-13-16-4-3-15(23-6-8-27-9-7-23)11-17(16)20(25)24(13)12-14-2-5-18-19(10-14)28-21(26)22-18/h2-5,10-11,13H,6-9,12H2,1H3,(H,22,26). The Morgan fingerprint density at radius 2 is 1.93 bits per heavy atom. The molecule has 2 aromatic carbocycles. The summed E-state index contributed by atoms with van der Waals surface area (Å²) in [5, 5.41) is 0. The SMILES string of the molecule is CC1c2ccc(N3CCOCC3)cc2C(=O)N1Cc1ccc2[nH]c(=O)oc2c1. The van der Waals surface area contributed by atoms with Crippen LogP contribution in [0.1, 0.15) is 34.5 Å². The molecule has 1 aromatic heterocycles. The minimum absolute atomic E-state index is 0.00447. The predicted octanol–water partition coefficient (Wildman–Crippen LogP) is 2.67. The molecule has 0 spiro atoms. The molecule has 1 fully saturated rings. The molecule has 3 heterocycles. The summed E-state index contributed by atoms with van der Waals surface area (Å²) in [5.41, 5.74) is 4.99. The van der Waals surface area contributed by atoms with E-state index in [-0.39, 0.29) is 11.9 Å². The minimum atomic E-state index is -0.471. The van der Waals surface area contributed by atoms with Crippen molar-refractivity contribution in [1.82, 2.24) is 9.88 Å². The van der Waals surface area contributed by atoms with Gasteiger partial charge in [-0.15, -0.1) is 0 Å². The van der Waals surface area contributed by atoms with Crippen LogP contribution in [0.15, 0.2) is 45.6 Å². The first-order chi connectivity index (χ1) is 13.6. The van der Waals surface area contributed by atoms with Crippen LogP contribution < -0.4 is 10.7 Å². The maximum absolute atomic E-state index is 13.1.